The van der Waals surface area contributed by atoms with Crippen LogP contribution in [0.5, 0.6) is 0 Å². The summed E-state index contributed by atoms with van der Waals surface area (Å²) in [6, 6.07) is 43.8. The molecule has 0 fully saturated rings. The second-order valence-electron chi connectivity index (χ2n) is 15.9. The SMILES string of the molecule is O=C1C(c2c(Cl)cc3cc(Cl)cc4c3c2NC2(N4)c3ccccc3-c3ccccc32)=C(O)C1=c1c(Cl)cc2cc(Cl)cc3c2c1=NC1(N3)c2ccccc2-c2ccccc21. The molecule has 13 rings (SSSR count). The van der Waals surface area contributed by atoms with Crippen molar-refractivity contribution in [1.29, 1.82) is 0 Å². The van der Waals surface area contributed by atoms with Gasteiger partial charge in [-0.1, -0.05) is 143 Å². The van der Waals surface area contributed by atoms with Crippen LogP contribution in [0, 0.1) is 0 Å². The van der Waals surface area contributed by atoms with Crippen LogP contribution in [-0.2, 0) is 16.1 Å². The predicted molar refractivity (Wildman–Crippen MR) is 243 cm³/mol. The Labute approximate surface area is 362 Å². The van der Waals surface area contributed by atoms with E-state index in [0.29, 0.717) is 31.9 Å². The van der Waals surface area contributed by atoms with E-state index in [0.717, 1.165) is 77.4 Å². The molecule has 10 heteroatoms. The molecular formula is C50H26Cl4N4O2. The predicted octanol–water partition coefficient (Wildman–Crippen LogP) is 12.0. The van der Waals surface area contributed by atoms with E-state index < -0.39 is 17.1 Å². The lowest BCUT2D eigenvalue weighted by Crippen LogP contribution is -2.46. The molecule has 0 amide bonds. The molecule has 2 aliphatic heterocycles. The third kappa shape index (κ3) is 4.21. The third-order valence-corrected chi connectivity index (χ3v) is 13.8. The van der Waals surface area contributed by atoms with Gasteiger partial charge in [-0.15, -0.1) is 0 Å². The van der Waals surface area contributed by atoms with Crippen LogP contribution < -0.4 is 26.5 Å². The van der Waals surface area contributed by atoms with Crippen LogP contribution in [-0.4, -0.2) is 10.9 Å². The highest BCUT2D eigenvalue weighted by Crippen LogP contribution is 2.57. The zero-order chi connectivity index (χ0) is 40.4. The summed E-state index contributed by atoms with van der Waals surface area (Å²) in [7, 11) is 0. The molecule has 6 nitrogen and oxygen atoms in total. The molecule has 0 unspecified atom stereocenters. The Morgan fingerprint density at radius 1 is 0.533 bits per heavy atom. The first kappa shape index (κ1) is 34.6. The maximum Gasteiger partial charge on any atom is 0.202 e. The van der Waals surface area contributed by atoms with Crippen molar-refractivity contribution in [2.45, 2.75) is 11.3 Å². The van der Waals surface area contributed by atoms with Crippen LogP contribution in [0.1, 0.15) is 27.8 Å². The van der Waals surface area contributed by atoms with Gasteiger partial charge in [0.05, 0.1) is 32.2 Å². The molecule has 3 aliphatic carbocycles. The van der Waals surface area contributed by atoms with E-state index in [9.17, 15) is 5.11 Å². The van der Waals surface area contributed by atoms with Crippen molar-refractivity contribution in [1.82, 2.24) is 0 Å². The molecule has 5 aliphatic rings. The highest BCUT2D eigenvalue weighted by molar-refractivity contribution is 6.54. The normalized spacial score (nSPS) is 17.4. The molecule has 0 bridgehead atoms. The molecule has 8 aromatic carbocycles. The maximum absolute atomic E-state index is 15.1. The number of hydrogen-bond donors (Lipinski definition) is 4. The number of aliphatic hydroxyl groups excluding tert-OH is 1. The van der Waals surface area contributed by atoms with Crippen molar-refractivity contribution in [2.24, 2.45) is 4.99 Å². The number of allylic oxidation sites excluding steroid dienone is 2. The Bertz CT molecular complexity index is 3490. The molecule has 0 aromatic heterocycles. The molecule has 0 saturated heterocycles. The first-order valence-electron chi connectivity index (χ1n) is 19.4. The largest absolute Gasteiger partial charge is 0.506 e. The van der Waals surface area contributed by atoms with Gasteiger partial charge in [-0.05, 0) is 69.4 Å². The minimum atomic E-state index is -1.07. The Kier molecular flexibility index (Phi) is 6.75. The van der Waals surface area contributed by atoms with Gasteiger partial charge in [0, 0.05) is 65.2 Å². The number of benzene rings is 8. The van der Waals surface area contributed by atoms with Gasteiger partial charge in [-0.2, -0.15) is 0 Å². The molecule has 0 radical (unpaired) electrons. The minimum absolute atomic E-state index is 0.0630. The van der Waals surface area contributed by atoms with E-state index in [1.807, 2.05) is 72.8 Å². The van der Waals surface area contributed by atoms with Gasteiger partial charge in [0.2, 0.25) is 5.78 Å². The van der Waals surface area contributed by atoms with Gasteiger partial charge >= 0.3 is 0 Å². The molecule has 0 saturated carbocycles. The van der Waals surface area contributed by atoms with Gasteiger partial charge in [0.15, 0.2) is 11.3 Å². The van der Waals surface area contributed by atoms with Crippen molar-refractivity contribution in [3.63, 3.8) is 0 Å². The lowest BCUT2D eigenvalue weighted by molar-refractivity contribution is -0.109. The highest BCUT2D eigenvalue weighted by atomic mass is 35.5. The second kappa shape index (κ2) is 11.7. The fourth-order valence-electron chi connectivity index (χ4n) is 10.5. The minimum Gasteiger partial charge on any atom is -0.506 e. The van der Waals surface area contributed by atoms with Crippen LogP contribution in [0.15, 0.2) is 144 Å². The van der Waals surface area contributed by atoms with E-state index in [1.54, 1.807) is 12.1 Å². The number of carbonyl (C=O) groups is 1. The van der Waals surface area contributed by atoms with Crippen molar-refractivity contribution < 1.29 is 9.90 Å². The van der Waals surface area contributed by atoms with Gasteiger partial charge in [-0.25, -0.2) is 4.99 Å². The van der Waals surface area contributed by atoms with Crippen molar-refractivity contribution in [2.75, 3.05) is 16.0 Å². The average Bonchev–Trinajstić information content (AvgIpc) is 3.66. The summed E-state index contributed by atoms with van der Waals surface area (Å²) >= 11 is 28.0. The summed E-state index contributed by atoms with van der Waals surface area (Å²) < 4.78 is 0. The van der Waals surface area contributed by atoms with Crippen LogP contribution in [0.3, 0.4) is 0 Å². The maximum atomic E-state index is 15.1. The number of nitrogens with zero attached hydrogens (tertiary/aromatic N) is 1. The van der Waals surface area contributed by atoms with E-state index >= 15 is 4.79 Å². The van der Waals surface area contributed by atoms with Gasteiger partial charge in [-0.3, -0.25) is 4.79 Å². The third-order valence-electron chi connectivity index (χ3n) is 12.8. The molecule has 8 aromatic rings. The number of carbonyl (C=O) groups excluding carboxylic acids is 1. The van der Waals surface area contributed by atoms with E-state index in [4.69, 9.17) is 51.4 Å². The van der Waals surface area contributed by atoms with Crippen molar-refractivity contribution in [3.8, 4) is 22.3 Å². The van der Waals surface area contributed by atoms with Gasteiger partial charge < -0.3 is 21.1 Å². The monoisotopic (exact) mass is 854 g/mol. The number of fused-ring (bicyclic) bond motifs is 10. The van der Waals surface area contributed by atoms with Crippen LogP contribution in [0.25, 0.3) is 54.9 Å². The van der Waals surface area contributed by atoms with Crippen LogP contribution >= 0.6 is 46.4 Å². The Morgan fingerprint density at radius 2 is 1.03 bits per heavy atom. The fourth-order valence-corrected chi connectivity index (χ4v) is 11.6. The van der Waals surface area contributed by atoms with Gasteiger partial charge in [0.25, 0.3) is 0 Å². The van der Waals surface area contributed by atoms with Crippen molar-refractivity contribution >= 4 is 102 Å². The van der Waals surface area contributed by atoms with Gasteiger partial charge in [0.1, 0.15) is 5.76 Å². The number of halogens is 4. The summed E-state index contributed by atoms with van der Waals surface area (Å²) in [5, 5.41) is 29.3. The summed E-state index contributed by atoms with van der Waals surface area (Å²) in [4.78, 5) is 20.6. The number of hydrogen-bond acceptors (Lipinski definition) is 6. The Morgan fingerprint density at radius 3 is 1.62 bits per heavy atom. The quantitative estimate of drug-likeness (QED) is 0.132. The zero-order valence-electron chi connectivity index (χ0n) is 31.0. The molecule has 4 N–H and O–H groups in total. The second-order valence-corrected chi connectivity index (χ2v) is 17.5. The Balaban J connectivity index is 1.10. The Hall–Kier alpha value is -6.28. The first-order chi connectivity index (χ1) is 29.2. The topological polar surface area (TPSA) is 85.8 Å². The molecule has 286 valence electrons. The zero-order valence-corrected chi connectivity index (χ0v) is 34.0. The number of Topliss-reactive ketones (excluding diaryl/α,β-unsaturated/α-hetero) is 1. The summed E-state index contributed by atoms with van der Waals surface area (Å²) in [5.41, 5.74) is 8.70. The van der Waals surface area contributed by atoms with Crippen molar-refractivity contribution in [3.05, 3.63) is 198 Å². The highest BCUT2D eigenvalue weighted by Gasteiger charge is 2.49. The van der Waals surface area contributed by atoms with E-state index in [1.165, 1.54) is 0 Å². The average molecular weight is 857 g/mol. The van der Waals surface area contributed by atoms with E-state index in [-0.39, 0.29) is 27.0 Å². The molecule has 60 heavy (non-hydrogen) atoms. The molecule has 0 atom stereocenters. The number of anilines is 3. The first-order valence-corrected chi connectivity index (χ1v) is 20.9. The summed E-state index contributed by atoms with van der Waals surface area (Å²) in [6.45, 7) is 0. The summed E-state index contributed by atoms with van der Waals surface area (Å²) in [6.07, 6.45) is 0. The van der Waals surface area contributed by atoms with Crippen LogP contribution in [0.4, 0.5) is 17.1 Å². The number of nitrogens with one attached hydrogen (secondary N) is 3. The standard InChI is InChI=1S/C50H26Cl4N4O2/c51-25-17-23-19-35(53)41(45-39(23)37(21-25)55-49(57-45)31-13-5-1-9-27(31)28-10-2-6-14-32(28)49)43-47(59)44(48(43)60)42-36(54)20-24-18-26(52)22-38-40(24)46(42)58-50(56-38)33-15-7-3-11-29(33)30-12-4-8-16-34(30)50/h1-22,55-57,59H. The van der Waals surface area contributed by atoms with E-state index in [2.05, 4.69) is 64.5 Å². The molecule has 2 spiro atoms. The fraction of sp³-hybridized carbons (Fsp3) is 0.0400. The molecule has 2 heterocycles. The van der Waals surface area contributed by atoms with Crippen LogP contribution in [0.2, 0.25) is 20.1 Å². The number of rotatable bonds is 1. The lowest BCUT2D eigenvalue weighted by Gasteiger charge is -2.42. The smallest absolute Gasteiger partial charge is 0.202 e. The number of aliphatic hydroxyl groups is 1. The lowest BCUT2D eigenvalue weighted by atomic mass is 9.79. The summed E-state index contributed by atoms with van der Waals surface area (Å²) in [5.74, 6) is -0.636. The molecular weight excluding hydrogens is 830 g/mol. The number of ketones is 1.